The molecule has 1 aliphatic heterocycles. The van der Waals surface area contributed by atoms with E-state index in [1.54, 1.807) is 18.7 Å². The molecule has 0 N–H and O–H groups in total. The molecular formula is C34H51ClN2O3S. The fourth-order valence-electron chi connectivity index (χ4n) is 5.46. The number of thioether (sulfide) groups is 1. The van der Waals surface area contributed by atoms with Gasteiger partial charge in [-0.2, -0.15) is 0 Å². The summed E-state index contributed by atoms with van der Waals surface area (Å²) in [7, 11) is 5.40. The van der Waals surface area contributed by atoms with E-state index in [4.69, 9.17) is 26.1 Å². The van der Waals surface area contributed by atoms with Crippen molar-refractivity contribution in [3.05, 3.63) is 58.7 Å². The monoisotopic (exact) mass is 602 g/mol. The van der Waals surface area contributed by atoms with Crippen molar-refractivity contribution in [1.29, 1.82) is 0 Å². The maximum atomic E-state index is 11.9. The van der Waals surface area contributed by atoms with Crippen LogP contribution in [0.15, 0.2) is 52.5 Å². The molecule has 41 heavy (non-hydrogen) atoms. The number of ether oxygens (including phenoxy) is 2. The Morgan fingerprint density at radius 3 is 2.39 bits per heavy atom. The Kier molecular flexibility index (Phi) is 15.3. The van der Waals surface area contributed by atoms with Gasteiger partial charge in [0.05, 0.1) is 24.8 Å². The molecular weight excluding hydrogens is 552 g/mol. The summed E-state index contributed by atoms with van der Waals surface area (Å²) < 4.78 is 10.9. The van der Waals surface area contributed by atoms with Crippen molar-refractivity contribution >= 4 is 45.0 Å². The lowest BCUT2D eigenvalue weighted by Crippen LogP contribution is -2.41. The summed E-state index contributed by atoms with van der Waals surface area (Å²) >= 11 is 7.82. The van der Waals surface area contributed by atoms with Crippen LogP contribution in [-0.4, -0.2) is 56.0 Å². The van der Waals surface area contributed by atoms with Crippen LogP contribution in [-0.2, 0) is 14.3 Å². The van der Waals surface area contributed by atoms with Crippen LogP contribution in [0.5, 0.6) is 0 Å². The van der Waals surface area contributed by atoms with E-state index in [9.17, 15) is 4.79 Å². The van der Waals surface area contributed by atoms with Crippen molar-refractivity contribution < 1.29 is 14.3 Å². The number of methoxy groups -OCH3 is 2. The first-order valence-electron chi connectivity index (χ1n) is 15.1. The Morgan fingerprint density at radius 1 is 1.15 bits per heavy atom. The number of hydrogen-bond donors (Lipinski definition) is 0. The lowest BCUT2D eigenvalue weighted by atomic mass is 9.76. The quantitative estimate of drug-likeness (QED) is 0.176. The summed E-state index contributed by atoms with van der Waals surface area (Å²) in [6.45, 7) is 13.9. The van der Waals surface area contributed by atoms with Crippen molar-refractivity contribution in [2.75, 3.05) is 34.4 Å². The smallest absolute Gasteiger partial charge is 0.334 e. The third kappa shape index (κ3) is 10.3. The second kappa shape index (κ2) is 17.8. The highest BCUT2D eigenvalue weighted by Crippen LogP contribution is 2.38. The zero-order valence-electron chi connectivity index (χ0n) is 26.4. The van der Waals surface area contributed by atoms with E-state index in [-0.39, 0.29) is 11.6 Å². The number of hydrogen-bond acceptors (Lipinski definition) is 6. The molecule has 0 bridgehead atoms. The summed E-state index contributed by atoms with van der Waals surface area (Å²) in [5, 5.41) is 1.55. The molecule has 1 aromatic rings. The molecule has 1 aliphatic carbocycles. The molecule has 1 atom stereocenters. The van der Waals surface area contributed by atoms with Crippen LogP contribution >= 0.6 is 23.4 Å². The zero-order chi connectivity index (χ0) is 30.4. The molecule has 0 radical (unpaired) electrons. The van der Waals surface area contributed by atoms with Gasteiger partial charge in [0.15, 0.2) is 5.17 Å². The molecule has 3 rings (SSSR count). The summed E-state index contributed by atoms with van der Waals surface area (Å²) in [6.07, 6.45) is 11.9. The second-order valence-corrected chi connectivity index (χ2v) is 12.4. The molecule has 0 amide bonds. The van der Waals surface area contributed by atoms with Crippen molar-refractivity contribution in [3.8, 4) is 0 Å². The molecule has 1 heterocycles. The Balaban J connectivity index is 0.00000287. The van der Waals surface area contributed by atoms with Crippen molar-refractivity contribution in [2.24, 2.45) is 10.9 Å². The van der Waals surface area contributed by atoms with Gasteiger partial charge in [-0.05, 0) is 81.1 Å². The number of rotatable bonds is 12. The van der Waals surface area contributed by atoms with Gasteiger partial charge in [-0.1, -0.05) is 87.3 Å². The number of esters is 1. The van der Waals surface area contributed by atoms with Crippen LogP contribution in [0.4, 0.5) is 0 Å². The lowest BCUT2D eigenvalue weighted by Gasteiger charge is -2.40. The second-order valence-electron chi connectivity index (χ2n) is 10.9. The Hall–Kier alpha value is -2.02. The Morgan fingerprint density at radius 2 is 1.80 bits per heavy atom. The average molecular weight is 603 g/mol. The zero-order valence-corrected chi connectivity index (χ0v) is 27.9. The van der Waals surface area contributed by atoms with E-state index in [1.165, 1.54) is 49.7 Å². The summed E-state index contributed by atoms with van der Waals surface area (Å²) in [5.74, 6) is 0.284. The number of nitrogens with zero attached hydrogens (tertiary/aromatic N) is 2. The molecule has 1 saturated carbocycles. The van der Waals surface area contributed by atoms with Crippen LogP contribution in [0, 0.1) is 5.92 Å². The topological polar surface area (TPSA) is 51.1 Å². The summed E-state index contributed by atoms with van der Waals surface area (Å²) in [5.41, 5.74) is 3.80. The number of aliphatic imine (C=N–C) groups is 1. The lowest BCUT2D eigenvalue weighted by molar-refractivity contribution is -0.136. The highest BCUT2D eigenvalue weighted by atomic mass is 35.5. The Labute approximate surface area is 258 Å². The molecule has 5 nitrogen and oxygen atoms in total. The minimum absolute atomic E-state index is 0.0779. The summed E-state index contributed by atoms with van der Waals surface area (Å²) in [4.78, 5) is 20.2. The number of halogens is 1. The van der Waals surface area contributed by atoms with E-state index >= 15 is 0 Å². The van der Waals surface area contributed by atoms with Crippen LogP contribution in [0.3, 0.4) is 0 Å². The molecule has 2 aliphatic rings. The number of carbonyl (C=O) groups excluding carboxylic acids is 1. The van der Waals surface area contributed by atoms with Crippen molar-refractivity contribution in [2.45, 2.75) is 91.1 Å². The molecule has 0 saturated heterocycles. The minimum atomic E-state index is -0.360. The third-order valence-electron chi connectivity index (χ3n) is 8.24. The highest BCUT2D eigenvalue weighted by molar-refractivity contribution is 8.21. The van der Waals surface area contributed by atoms with Crippen molar-refractivity contribution in [1.82, 2.24) is 4.90 Å². The molecule has 1 aromatic carbocycles. The van der Waals surface area contributed by atoms with Crippen LogP contribution < -0.4 is 0 Å². The molecule has 0 aromatic heterocycles. The van der Waals surface area contributed by atoms with E-state index in [2.05, 4.69) is 55.8 Å². The van der Waals surface area contributed by atoms with Crippen LogP contribution in [0.25, 0.3) is 10.5 Å². The van der Waals surface area contributed by atoms with Gasteiger partial charge < -0.3 is 14.4 Å². The number of amidine groups is 1. The molecule has 0 spiro atoms. The predicted molar refractivity (Wildman–Crippen MR) is 178 cm³/mol. The van der Waals surface area contributed by atoms with Gasteiger partial charge in [0.2, 0.25) is 0 Å². The maximum Gasteiger partial charge on any atom is 0.334 e. The molecule has 228 valence electrons. The van der Waals surface area contributed by atoms with Crippen LogP contribution in [0.2, 0.25) is 0 Å². The minimum Gasteiger partial charge on any atom is -0.466 e. The SMILES string of the molecule is C=C(CCC/C(C(=O)OC)=C(\C)Cl)c1ccc(C2=CCN=C(N(C)CCC(C)(OC)C3CCCCC3)S2)cc1.CC. The first-order chi connectivity index (χ1) is 19.7. The van der Waals surface area contributed by atoms with E-state index < -0.39 is 0 Å². The average Bonchev–Trinajstić information content (AvgIpc) is 3.02. The van der Waals surface area contributed by atoms with Gasteiger partial charge in [-0.25, -0.2) is 4.79 Å². The first kappa shape index (κ1) is 35.2. The molecule has 7 heteroatoms. The predicted octanol–water partition coefficient (Wildman–Crippen LogP) is 9.33. The van der Waals surface area contributed by atoms with E-state index in [0.717, 1.165) is 42.1 Å². The normalized spacial score (nSPS) is 17.7. The number of allylic oxidation sites excluding steroid dienone is 2. The molecule has 1 unspecified atom stereocenters. The Bertz CT molecular complexity index is 1090. The van der Waals surface area contributed by atoms with Gasteiger partial charge in [0.25, 0.3) is 0 Å². The maximum absolute atomic E-state index is 11.9. The van der Waals surface area contributed by atoms with Crippen molar-refractivity contribution in [3.63, 3.8) is 0 Å². The van der Waals surface area contributed by atoms with Gasteiger partial charge in [-0.15, -0.1) is 0 Å². The van der Waals surface area contributed by atoms with Gasteiger partial charge in [-0.3, -0.25) is 4.99 Å². The fraction of sp³-hybridized carbons (Fsp3) is 0.588. The first-order valence-corrected chi connectivity index (χ1v) is 16.3. The largest absolute Gasteiger partial charge is 0.466 e. The number of carbonyl (C=O) groups is 1. The fourth-order valence-corrected chi connectivity index (χ4v) is 6.62. The van der Waals surface area contributed by atoms with E-state index in [0.29, 0.717) is 29.5 Å². The van der Waals surface area contributed by atoms with Gasteiger partial charge in [0, 0.05) is 30.6 Å². The third-order valence-corrected chi connectivity index (χ3v) is 9.71. The molecule has 1 fully saturated rings. The van der Waals surface area contributed by atoms with Gasteiger partial charge in [0.1, 0.15) is 0 Å². The summed E-state index contributed by atoms with van der Waals surface area (Å²) in [6, 6.07) is 8.59. The van der Waals surface area contributed by atoms with E-state index in [1.807, 2.05) is 21.0 Å². The standard InChI is InChI=1S/C32H45ClN2O3S.C2H6/c1-23(11-10-14-28(24(2)33)30(36)37-5)25-15-17-26(18-16-25)29-19-21-34-31(39-29)35(4)22-20-32(3,38-6)27-12-8-7-9-13-27;1-2/h15-19,27H,1,7-14,20-22H2,2-6H3;1-2H3/b28-24-;. The highest BCUT2D eigenvalue weighted by Gasteiger charge is 2.35. The van der Waals surface area contributed by atoms with Crippen LogP contribution in [0.1, 0.15) is 96.6 Å². The van der Waals surface area contributed by atoms with Gasteiger partial charge >= 0.3 is 5.97 Å². The number of benzene rings is 1.